The van der Waals surface area contributed by atoms with Crippen LogP contribution in [-0.2, 0) is 0 Å². The van der Waals surface area contributed by atoms with Gasteiger partial charge in [0.15, 0.2) is 0 Å². The Kier molecular flexibility index (Phi) is 3.87. The van der Waals surface area contributed by atoms with Crippen molar-refractivity contribution < 1.29 is 0 Å². The van der Waals surface area contributed by atoms with Gasteiger partial charge < -0.3 is 4.57 Å². The molecule has 0 atom stereocenters. The highest BCUT2D eigenvalue weighted by Crippen LogP contribution is 2.51. The fourth-order valence-corrected chi connectivity index (χ4v) is 8.62. The molecule has 2 aromatic heterocycles. The highest BCUT2D eigenvalue weighted by Gasteiger charge is 2.25. The molecule has 0 saturated carbocycles. The lowest BCUT2D eigenvalue weighted by Gasteiger charge is -2.14. The summed E-state index contributed by atoms with van der Waals surface area (Å²) in [6.07, 6.45) is 0. The molecule has 2 heterocycles. The average Bonchev–Trinajstić information content (AvgIpc) is 3.67. The lowest BCUT2D eigenvalue weighted by molar-refractivity contribution is 1.21. The first-order valence-corrected chi connectivity index (χ1v) is 14.6. The first-order chi connectivity index (χ1) is 19.9. The predicted molar refractivity (Wildman–Crippen MR) is 173 cm³/mol. The summed E-state index contributed by atoms with van der Waals surface area (Å²) in [5, 5.41) is 10.7. The molecule has 0 bridgehead atoms. The molecule has 0 fully saturated rings. The molecule has 10 rings (SSSR count). The summed E-state index contributed by atoms with van der Waals surface area (Å²) in [5.74, 6) is 0. The number of aromatic nitrogens is 1. The first kappa shape index (κ1) is 21.0. The van der Waals surface area contributed by atoms with E-state index in [1.165, 1.54) is 91.5 Å². The average molecular weight is 524 g/mol. The van der Waals surface area contributed by atoms with Gasteiger partial charge in [-0.25, -0.2) is 0 Å². The Hall–Kier alpha value is -4.92. The molecule has 9 aromatic rings. The second-order valence-electron chi connectivity index (χ2n) is 10.8. The van der Waals surface area contributed by atoms with Crippen LogP contribution in [0.2, 0.25) is 0 Å². The van der Waals surface area contributed by atoms with Crippen LogP contribution in [0.3, 0.4) is 0 Å². The van der Waals surface area contributed by atoms with Crippen LogP contribution < -0.4 is 0 Å². The van der Waals surface area contributed by atoms with Gasteiger partial charge in [0.2, 0.25) is 0 Å². The monoisotopic (exact) mass is 523 g/mol. The molecule has 0 unspecified atom stereocenters. The predicted octanol–water partition coefficient (Wildman–Crippen LogP) is 11.1. The van der Waals surface area contributed by atoms with Crippen molar-refractivity contribution in [2.24, 2.45) is 0 Å². The van der Waals surface area contributed by atoms with E-state index < -0.39 is 0 Å². The Morgan fingerprint density at radius 2 is 1.00 bits per heavy atom. The third-order valence-corrected chi connectivity index (χ3v) is 10.1. The van der Waals surface area contributed by atoms with Crippen molar-refractivity contribution in [2.75, 3.05) is 0 Å². The molecule has 0 N–H and O–H groups in total. The summed E-state index contributed by atoms with van der Waals surface area (Å²) in [5.41, 5.74) is 9.15. The standard InChI is InChI=1S/C38H21NS/c1-2-11-23-22(10-1)24-16-9-17-28-32(21-20-27(23)34(24)28)39-31-18-7-5-14-29(31)35-25-12-3-4-13-26(25)36-30-15-6-8-19-33(30)40-38(36)37(35)39/h1-21H. The Morgan fingerprint density at radius 1 is 0.400 bits per heavy atom. The Morgan fingerprint density at radius 3 is 1.82 bits per heavy atom. The second kappa shape index (κ2) is 7.38. The summed E-state index contributed by atoms with van der Waals surface area (Å²) >= 11 is 1.92. The summed E-state index contributed by atoms with van der Waals surface area (Å²) in [7, 11) is 0. The van der Waals surface area contributed by atoms with Crippen molar-refractivity contribution in [3.63, 3.8) is 0 Å². The molecule has 7 aromatic carbocycles. The molecule has 1 aliphatic carbocycles. The van der Waals surface area contributed by atoms with E-state index in [0.29, 0.717) is 0 Å². The van der Waals surface area contributed by atoms with Gasteiger partial charge in [-0.1, -0.05) is 109 Å². The van der Waals surface area contributed by atoms with Crippen LogP contribution in [0.5, 0.6) is 0 Å². The zero-order valence-corrected chi connectivity index (χ0v) is 22.3. The molecule has 0 amide bonds. The lowest BCUT2D eigenvalue weighted by Crippen LogP contribution is -1.96. The van der Waals surface area contributed by atoms with Crippen molar-refractivity contribution in [3.8, 4) is 27.9 Å². The number of nitrogens with zero attached hydrogens (tertiary/aromatic N) is 1. The molecular formula is C38H21NS. The van der Waals surface area contributed by atoms with E-state index in [2.05, 4.69) is 132 Å². The van der Waals surface area contributed by atoms with E-state index in [9.17, 15) is 0 Å². The highest BCUT2D eigenvalue weighted by atomic mass is 32.1. The highest BCUT2D eigenvalue weighted by molar-refractivity contribution is 7.27. The fourth-order valence-electron chi connectivity index (χ4n) is 7.36. The van der Waals surface area contributed by atoms with Crippen molar-refractivity contribution in [1.82, 2.24) is 4.57 Å². The number of benzene rings is 7. The fraction of sp³-hybridized carbons (Fsp3) is 0. The van der Waals surface area contributed by atoms with Crippen LogP contribution in [0, 0.1) is 0 Å². The largest absolute Gasteiger partial charge is 0.307 e. The summed E-state index contributed by atoms with van der Waals surface area (Å²) < 4.78 is 5.25. The topological polar surface area (TPSA) is 4.93 Å². The maximum atomic E-state index is 2.56. The van der Waals surface area contributed by atoms with Crippen LogP contribution >= 0.6 is 11.3 Å². The molecule has 0 spiro atoms. The number of para-hydroxylation sites is 1. The van der Waals surface area contributed by atoms with E-state index in [0.717, 1.165) is 0 Å². The molecule has 2 heteroatoms. The van der Waals surface area contributed by atoms with Crippen LogP contribution in [0.1, 0.15) is 0 Å². The Labute approximate surface area is 234 Å². The number of hydrogen-bond acceptors (Lipinski definition) is 1. The number of thiophene rings is 1. The maximum absolute atomic E-state index is 2.56. The Balaban J connectivity index is 1.48. The van der Waals surface area contributed by atoms with Gasteiger partial charge in [0.1, 0.15) is 0 Å². The van der Waals surface area contributed by atoms with Gasteiger partial charge in [-0.3, -0.25) is 0 Å². The van der Waals surface area contributed by atoms with E-state index in [1.807, 2.05) is 11.3 Å². The minimum Gasteiger partial charge on any atom is -0.307 e. The summed E-state index contributed by atoms with van der Waals surface area (Å²) in [6, 6.07) is 47.2. The smallest absolute Gasteiger partial charge is 0.0726 e. The quantitative estimate of drug-likeness (QED) is 0.202. The van der Waals surface area contributed by atoms with Crippen molar-refractivity contribution in [2.45, 2.75) is 0 Å². The van der Waals surface area contributed by atoms with Gasteiger partial charge in [0, 0.05) is 31.6 Å². The first-order valence-electron chi connectivity index (χ1n) is 13.8. The molecule has 0 aliphatic heterocycles. The van der Waals surface area contributed by atoms with Crippen molar-refractivity contribution in [3.05, 3.63) is 127 Å². The van der Waals surface area contributed by atoms with Crippen molar-refractivity contribution in [1.29, 1.82) is 0 Å². The third kappa shape index (κ3) is 2.44. The van der Waals surface area contributed by atoms with Crippen LogP contribution in [-0.4, -0.2) is 4.57 Å². The second-order valence-corrected chi connectivity index (χ2v) is 11.9. The van der Waals surface area contributed by atoms with Gasteiger partial charge in [-0.15, -0.1) is 11.3 Å². The van der Waals surface area contributed by atoms with Crippen LogP contribution in [0.4, 0.5) is 0 Å². The molecule has 0 radical (unpaired) electrons. The summed E-state index contributed by atoms with van der Waals surface area (Å²) in [4.78, 5) is 0. The number of rotatable bonds is 1. The van der Waals surface area contributed by atoms with Crippen LogP contribution in [0.25, 0.3) is 91.5 Å². The minimum absolute atomic E-state index is 1.24. The minimum atomic E-state index is 1.24. The van der Waals surface area contributed by atoms with Gasteiger partial charge in [0.25, 0.3) is 0 Å². The van der Waals surface area contributed by atoms with Gasteiger partial charge in [-0.05, 0) is 56.6 Å². The number of hydrogen-bond donors (Lipinski definition) is 0. The van der Waals surface area contributed by atoms with Gasteiger partial charge >= 0.3 is 0 Å². The lowest BCUT2D eigenvalue weighted by atomic mass is 9.99. The molecule has 184 valence electrons. The normalized spacial score (nSPS) is 12.5. The van der Waals surface area contributed by atoms with E-state index in [1.54, 1.807) is 0 Å². The summed E-state index contributed by atoms with van der Waals surface area (Å²) in [6.45, 7) is 0. The van der Waals surface area contributed by atoms with Gasteiger partial charge in [0.05, 0.1) is 21.4 Å². The molecule has 0 saturated heterocycles. The molecular weight excluding hydrogens is 502 g/mol. The SMILES string of the molecule is c1ccc2c(c1)-c1cccc3c(-n4c5ccccc5c5c6ccccc6c6c7ccccc7sc6c54)ccc-2c13. The van der Waals surface area contributed by atoms with Gasteiger partial charge in [-0.2, -0.15) is 0 Å². The third-order valence-electron chi connectivity index (χ3n) is 8.92. The van der Waals surface area contributed by atoms with Crippen LogP contribution in [0.15, 0.2) is 127 Å². The van der Waals surface area contributed by atoms with Crippen molar-refractivity contribution >= 4 is 74.9 Å². The zero-order valence-electron chi connectivity index (χ0n) is 21.5. The maximum Gasteiger partial charge on any atom is 0.0726 e. The Bertz CT molecular complexity index is 2510. The number of fused-ring (bicyclic) bond motifs is 13. The van der Waals surface area contributed by atoms with E-state index >= 15 is 0 Å². The van der Waals surface area contributed by atoms with E-state index in [-0.39, 0.29) is 0 Å². The van der Waals surface area contributed by atoms with E-state index in [4.69, 9.17) is 0 Å². The molecule has 1 aliphatic rings. The molecule has 1 nitrogen and oxygen atoms in total. The zero-order chi connectivity index (χ0) is 25.9. The molecule has 40 heavy (non-hydrogen) atoms.